The maximum atomic E-state index is 13.1. The molecule has 5 nitrogen and oxygen atoms in total. The normalized spacial score (nSPS) is 11.5. The molecule has 102 valence electrons. The van der Waals surface area contributed by atoms with Crippen LogP contribution >= 0.6 is 0 Å². The van der Waals surface area contributed by atoms with E-state index in [-0.39, 0.29) is 11.5 Å². The first-order chi connectivity index (χ1) is 9.08. The predicted octanol–water partition coefficient (Wildman–Crippen LogP) is 1.26. The highest BCUT2D eigenvalue weighted by molar-refractivity contribution is 5.84. The average Bonchev–Trinajstić information content (AvgIpc) is 2.41. The molecule has 0 aliphatic rings. The van der Waals surface area contributed by atoms with E-state index in [0.29, 0.717) is 18.8 Å². The van der Waals surface area contributed by atoms with E-state index in [1.165, 1.54) is 18.2 Å². The number of nitrogens with zero attached hydrogens (tertiary/aromatic N) is 1. The predicted molar refractivity (Wildman–Crippen MR) is 69.1 cm³/mol. The molecule has 19 heavy (non-hydrogen) atoms. The van der Waals surface area contributed by atoms with E-state index in [0.717, 1.165) is 0 Å². The standard InChI is InChI=1S/C13H16FN3O2/c1-9(13(18)16-5-6-19-2)17-11-3-4-12(14)10(7-11)8-15/h3-4,7,9,17H,5-6H2,1-2H3,(H,16,18). The summed E-state index contributed by atoms with van der Waals surface area (Å²) in [6.45, 7) is 2.54. The van der Waals surface area contributed by atoms with Gasteiger partial charge in [-0.1, -0.05) is 0 Å². The number of hydrogen-bond acceptors (Lipinski definition) is 4. The third-order valence-electron chi connectivity index (χ3n) is 2.47. The Hall–Kier alpha value is -2.13. The van der Waals surface area contributed by atoms with Crippen molar-refractivity contribution in [2.45, 2.75) is 13.0 Å². The Labute approximate surface area is 111 Å². The highest BCUT2D eigenvalue weighted by Gasteiger charge is 2.12. The number of carbonyl (C=O) groups is 1. The van der Waals surface area contributed by atoms with Gasteiger partial charge in [-0.3, -0.25) is 4.79 Å². The van der Waals surface area contributed by atoms with Crippen LogP contribution in [0.25, 0.3) is 0 Å². The molecule has 1 rings (SSSR count). The van der Waals surface area contributed by atoms with Gasteiger partial charge in [-0.2, -0.15) is 5.26 Å². The largest absolute Gasteiger partial charge is 0.383 e. The Morgan fingerprint density at radius 3 is 2.95 bits per heavy atom. The van der Waals surface area contributed by atoms with Gasteiger partial charge in [-0.25, -0.2) is 4.39 Å². The zero-order chi connectivity index (χ0) is 14.3. The van der Waals surface area contributed by atoms with Crippen LogP contribution in [-0.2, 0) is 9.53 Å². The summed E-state index contributed by atoms with van der Waals surface area (Å²) in [6.07, 6.45) is 0. The van der Waals surface area contributed by atoms with Gasteiger partial charge in [-0.05, 0) is 25.1 Å². The number of methoxy groups -OCH3 is 1. The van der Waals surface area contributed by atoms with Crippen LogP contribution in [-0.4, -0.2) is 32.2 Å². The van der Waals surface area contributed by atoms with Crippen LogP contribution in [0.2, 0.25) is 0 Å². The molecule has 1 atom stereocenters. The van der Waals surface area contributed by atoms with Gasteiger partial charge in [0.05, 0.1) is 12.2 Å². The van der Waals surface area contributed by atoms with Crippen LogP contribution in [0.15, 0.2) is 18.2 Å². The van der Waals surface area contributed by atoms with Crippen LogP contribution in [0.5, 0.6) is 0 Å². The summed E-state index contributed by atoms with van der Waals surface area (Å²) in [5.41, 5.74) is 0.462. The number of ether oxygens (including phenoxy) is 1. The third-order valence-corrected chi connectivity index (χ3v) is 2.47. The fraction of sp³-hybridized carbons (Fsp3) is 0.385. The summed E-state index contributed by atoms with van der Waals surface area (Å²) >= 11 is 0. The van der Waals surface area contributed by atoms with E-state index in [1.807, 2.05) is 0 Å². The first-order valence-electron chi connectivity index (χ1n) is 5.81. The Morgan fingerprint density at radius 1 is 1.58 bits per heavy atom. The van der Waals surface area contributed by atoms with Crippen molar-refractivity contribution in [3.63, 3.8) is 0 Å². The molecule has 1 amide bonds. The molecule has 0 fully saturated rings. The lowest BCUT2D eigenvalue weighted by molar-refractivity contribution is -0.121. The van der Waals surface area contributed by atoms with Crippen LogP contribution in [0.4, 0.5) is 10.1 Å². The fourth-order valence-corrected chi connectivity index (χ4v) is 1.45. The van der Waals surface area contributed by atoms with Crippen LogP contribution < -0.4 is 10.6 Å². The SMILES string of the molecule is COCCNC(=O)C(C)Nc1ccc(F)c(C#N)c1. The number of halogens is 1. The van der Waals surface area contributed by atoms with Gasteiger partial charge in [0.25, 0.3) is 0 Å². The van der Waals surface area contributed by atoms with Crippen molar-refractivity contribution in [2.24, 2.45) is 0 Å². The maximum Gasteiger partial charge on any atom is 0.242 e. The quantitative estimate of drug-likeness (QED) is 0.759. The van der Waals surface area contributed by atoms with Crippen molar-refractivity contribution in [1.29, 1.82) is 5.26 Å². The smallest absolute Gasteiger partial charge is 0.242 e. The molecule has 0 saturated heterocycles. The minimum atomic E-state index is -0.578. The minimum absolute atomic E-state index is 0.0583. The summed E-state index contributed by atoms with van der Waals surface area (Å²) in [4.78, 5) is 11.7. The van der Waals surface area contributed by atoms with Gasteiger partial charge >= 0.3 is 0 Å². The van der Waals surface area contributed by atoms with Gasteiger partial charge in [0.1, 0.15) is 17.9 Å². The van der Waals surface area contributed by atoms with Crippen molar-refractivity contribution < 1.29 is 13.9 Å². The number of nitriles is 1. The first kappa shape index (κ1) is 14.9. The van der Waals surface area contributed by atoms with E-state index in [1.54, 1.807) is 20.1 Å². The monoisotopic (exact) mass is 265 g/mol. The van der Waals surface area contributed by atoms with Gasteiger partial charge in [0.2, 0.25) is 5.91 Å². The molecule has 1 aromatic carbocycles. The van der Waals surface area contributed by atoms with Crippen molar-refractivity contribution in [3.8, 4) is 6.07 Å². The zero-order valence-corrected chi connectivity index (χ0v) is 10.9. The topological polar surface area (TPSA) is 74.2 Å². The van der Waals surface area contributed by atoms with Crippen molar-refractivity contribution >= 4 is 11.6 Å². The molecule has 0 heterocycles. The van der Waals surface area contributed by atoms with Gasteiger partial charge < -0.3 is 15.4 Å². The molecule has 0 saturated carbocycles. The summed E-state index contributed by atoms with van der Waals surface area (Å²) < 4.78 is 17.9. The Balaban J connectivity index is 2.59. The molecule has 1 unspecified atom stereocenters. The lowest BCUT2D eigenvalue weighted by Gasteiger charge is -2.15. The van der Waals surface area contributed by atoms with Crippen LogP contribution in [0.3, 0.4) is 0 Å². The maximum absolute atomic E-state index is 13.1. The van der Waals surface area contributed by atoms with Crippen molar-refractivity contribution in [2.75, 3.05) is 25.6 Å². The summed E-state index contributed by atoms with van der Waals surface area (Å²) in [6, 6.07) is 5.30. The second kappa shape index (κ2) is 7.34. The third kappa shape index (κ3) is 4.56. The highest BCUT2D eigenvalue weighted by atomic mass is 19.1. The molecule has 0 bridgehead atoms. The van der Waals surface area contributed by atoms with Crippen molar-refractivity contribution in [3.05, 3.63) is 29.6 Å². The summed E-state index contributed by atoms with van der Waals surface area (Å²) in [5.74, 6) is -0.773. The van der Waals surface area contributed by atoms with E-state index in [4.69, 9.17) is 10.00 Å². The molecular weight excluding hydrogens is 249 g/mol. The molecule has 6 heteroatoms. The van der Waals surface area contributed by atoms with Crippen LogP contribution in [0.1, 0.15) is 12.5 Å². The molecule has 0 aliphatic carbocycles. The molecule has 0 radical (unpaired) electrons. The lowest BCUT2D eigenvalue weighted by Crippen LogP contribution is -2.39. The highest BCUT2D eigenvalue weighted by Crippen LogP contribution is 2.14. The molecule has 2 N–H and O–H groups in total. The summed E-state index contributed by atoms with van der Waals surface area (Å²) in [7, 11) is 1.55. The molecule has 1 aromatic rings. The molecule has 0 aliphatic heterocycles. The first-order valence-corrected chi connectivity index (χ1v) is 5.81. The number of amides is 1. The number of anilines is 1. The van der Waals surface area contributed by atoms with Gasteiger partial charge in [0, 0.05) is 19.3 Å². The Morgan fingerprint density at radius 2 is 2.32 bits per heavy atom. The van der Waals surface area contributed by atoms with E-state index in [9.17, 15) is 9.18 Å². The minimum Gasteiger partial charge on any atom is -0.383 e. The zero-order valence-electron chi connectivity index (χ0n) is 10.9. The van der Waals surface area contributed by atoms with Crippen molar-refractivity contribution in [1.82, 2.24) is 5.32 Å². The molecule has 0 spiro atoms. The number of nitrogens with one attached hydrogen (secondary N) is 2. The van der Waals surface area contributed by atoms with Gasteiger partial charge in [-0.15, -0.1) is 0 Å². The van der Waals surface area contributed by atoms with E-state index in [2.05, 4.69) is 10.6 Å². The second-order valence-corrected chi connectivity index (χ2v) is 3.96. The number of benzene rings is 1. The van der Waals surface area contributed by atoms with E-state index >= 15 is 0 Å². The average molecular weight is 265 g/mol. The molecule has 0 aromatic heterocycles. The number of hydrogen-bond donors (Lipinski definition) is 2. The number of rotatable bonds is 6. The summed E-state index contributed by atoms with van der Waals surface area (Å²) in [5, 5.41) is 14.3. The van der Waals surface area contributed by atoms with Crippen LogP contribution in [0, 0.1) is 17.1 Å². The lowest BCUT2D eigenvalue weighted by atomic mass is 10.2. The van der Waals surface area contributed by atoms with Gasteiger partial charge in [0.15, 0.2) is 0 Å². The Bertz CT molecular complexity index is 485. The number of carbonyl (C=O) groups excluding carboxylic acids is 1. The Kier molecular flexibility index (Phi) is 5.76. The fourth-order valence-electron chi connectivity index (χ4n) is 1.45. The molecular formula is C13H16FN3O2. The second-order valence-electron chi connectivity index (χ2n) is 3.96. The van der Waals surface area contributed by atoms with E-state index < -0.39 is 11.9 Å².